The number of ketones is 2. The highest BCUT2D eigenvalue weighted by atomic mass is 79.9. The van der Waals surface area contributed by atoms with Gasteiger partial charge in [-0.15, -0.1) is 0 Å². The minimum atomic E-state index is -0.739. The lowest BCUT2D eigenvalue weighted by molar-refractivity contribution is -0.130. The Morgan fingerprint density at radius 2 is 2.04 bits per heavy atom. The molecule has 2 bridgehead atoms. The van der Waals surface area contributed by atoms with Crippen LogP contribution in [0.3, 0.4) is 0 Å². The molecule has 2 heterocycles. The van der Waals surface area contributed by atoms with E-state index in [4.69, 9.17) is 9.47 Å². The average Bonchev–Trinajstić information content (AvgIpc) is 3.07. The van der Waals surface area contributed by atoms with E-state index < -0.39 is 16.9 Å². The summed E-state index contributed by atoms with van der Waals surface area (Å²) in [5, 5.41) is 0. The van der Waals surface area contributed by atoms with Gasteiger partial charge in [-0.05, 0) is 38.8 Å². The molecular weight excluding hydrogens is 360 g/mol. The third-order valence-electron chi connectivity index (χ3n) is 6.06. The number of carbonyl (C=O) groups is 2. The highest BCUT2D eigenvalue weighted by molar-refractivity contribution is 9.10. The van der Waals surface area contributed by atoms with Gasteiger partial charge in [0, 0.05) is 10.0 Å². The average molecular weight is 379 g/mol. The van der Waals surface area contributed by atoms with Gasteiger partial charge in [-0.2, -0.15) is 0 Å². The Bertz CT molecular complexity index is 730. The van der Waals surface area contributed by atoms with Gasteiger partial charge in [-0.3, -0.25) is 9.59 Å². The quantitative estimate of drug-likeness (QED) is 0.741. The van der Waals surface area contributed by atoms with Gasteiger partial charge in [0.25, 0.3) is 0 Å². The number of methoxy groups -OCH3 is 1. The van der Waals surface area contributed by atoms with E-state index in [1.165, 1.54) is 0 Å². The number of hydrogen-bond acceptors (Lipinski definition) is 4. The summed E-state index contributed by atoms with van der Waals surface area (Å²) in [6.45, 7) is 3.90. The second-order valence-electron chi connectivity index (χ2n) is 7.26. The number of hydrogen-bond donors (Lipinski definition) is 0. The minimum absolute atomic E-state index is 0.0113. The molecule has 1 aliphatic carbocycles. The molecule has 122 valence electrons. The maximum Gasteiger partial charge on any atom is 0.157 e. The lowest BCUT2D eigenvalue weighted by Crippen LogP contribution is -2.44. The molecule has 0 amide bonds. The molecule has 5 heteroatoms. The van der Waals surface area contributed by atoms with Crippen LogP contribution in [-0.4, -0.2) is 30.4 Å². The molecule has 4 rings (SSSR count). The molecule has 0 radical (unpaired) electrons. The Labute approximate surface area is 143 Å². The summed E-state index contributed by atoms with van der Waals surface area (Å²) in [5.41, 5.74) is -0.527. The van der Waals surface area contributed by atoms with Gasteiger partial charge in [0.15, 0.2) is 11.6 Å². The first-order chi connectivity index (χ1) is 10.8. The number of ether oxygens (including phenoxy) is 2. The van der Waals surface area contributed by atoms with Gasteiger partial charge >= 0.3 is 0 Å². The fourth-order valence-corrected chi connectivity index (χ4v) is 5.38. The van der Waals surface area contributed by atoms with E-state index in [9.17, 15) is 9.59 Å². The standard InChI is InChI=1S/C18H19BrO4/c1-17-7-6-12(23-17)18(2)15(17)14(20)13(16(18)21)10-5-4-9(19)8-11(10)22-3/h4-5,8,12-13,15H,6-7H2,1-3H3/t12-,13?,15?,17+,18-/m0/s1. The zero-order valence-electron chi connectivity index (χ0n) is 13.4. The molecule has 2 unspecified atom stereocenters. The molecule has 1 aromatic carbocycles. The van der Waals surface area contributed by atoms with Crippen molar-refractivity contribution in [2.75, 3.05) is 7.11 Å². The molecule has 0 N–H and O–H groups in total. The molecule has 2 saturated heterocycles. The van der Waals surface area contributed by atoms with Crippen LogP contribution in [0.1, 0.15) is 38.2 Å². The summed E-state index contributed by atoms with van der Waals surface area (Å²) in [5.74, 6) is -0.533. The molecule has 0 spiro atoms. The summed E-state index contributed by atoms with van der Waals surface area (Å²) in [4.78, 5) is 26.4. The van der Waals surface area contributed by atoms with Crippen molar-refractivity contribution < 1.29 is 19.1 Å². The molecule has 23 heavy (non-hydrogen) atoms. The molecule has 3 fully saturated rings. The van der Waals surface area contributed by atoms with Crippen molar-refractivity contribution in [2.45, 2.75) is 44.3 Å². The second kappa shape index (κ2) is 4.67. The highest BCUT2D eigenvalue weighted by Crippen LogP contribution is 2.64. The van der Waals surface area contributed by atoms with Crippen molar-refractivity contribution in [3.05, 3.63) is 28.2 Å². The smallest absolute Gasteiger partial charge is 0.157 e. The van der Waals surface area contributed by atoms with E-state index in [1.807, 2.05) is 26.0 Å². The maximum absolute atomic E-state index is 13.2. The van der Waals surface area contributed by atoms with E-state index in [2.05, 4.69) is 15.9 Å². The topological polar surface area (TPSA) is 52.6 Å². The Morgan fingerprint density at radius 1 is 1.30 bits per heavy atom. The molecule has 4 nitrogen and oxygen atoms in total. The van der Waals surface area contributed by atoms with Crippen molar-refractivity contribution >= 4 is 27.5 Å². The van der Waals surface area contributed by atoms with Gasteiger partial charge in [0.05, 0.1) is 30.1 Å². The Kier molecular flexibility index (Phi) is 3.11. The summed E-state index contributed by atoms with van der Waals surface area (Å²) in [7, 11) is 1.56. The second-order valence-corrected chi connectivity index (χ2v) is 8.18. The Balaban J connectivity index is 1.84. The molecule has 5 atom stereocenters. The van der Waals surface area contributed by atoms with Gasteiger partial charge in [0.1, 0.15) is 11.7 Å². The number of Topliss-reactive ketones (excluding diaryl/α,β-unsaturated/α-hetero) is 2. The van der Waals surface area contributed by atoms with Crippen molar-refractivity contribution in [1.82, 2.24) is 0 Å². The highest BCUT2D eigenvalue weighted by Gasteiger charge is 2.74. The maximum atomic E-state index is 13.2. The Morgan fingerprint density at radius 3 is 2.70 bits per heavy atom. The van der Waals surface area contributed by atoms with Gasteiger partial charge in [-0.25, -0.2) is 0 Å². The van der Waals surface area contributed by atoms with Crippen LogP contribution in [0.2, 0.25) is 0 Å². The van der Waals surface area contributed by atoms with Gasteiger partial charge < -0.3 is 9.47 Å². The third-order valence-corrected chi connectivity index (χ3v) is 6.56. The lowest BCUT2D eigenvalue weighted by Gasteiger charge is -2.33. The van der Waals surface area contributed by atoms with Crippen LogP contribution in [0.25, 0.3) is 0 Å². The van der Waals surface area contributed by atoms with Gasteiger partial charge in [0.2, 0.25) is 0 Å². The SMILES string of the molecule is COc1cc(Br)ccc1C1C(=O)C2[C@@]3(C)CC[C@H](O3)[C@]2(C)C1=O. The monoisotopic (exact) mass is 378 g/mol. The van der Waals surface area contributed by atoms with E-state index in [0.29, 0.717) is 11.3 Å². The predicted octanol–water partition coefficient (Wildman–Crippen LogP) is 3.27. The fourth-order valence-electron chi connectivity index (χ4n) is 5.04. The van der Waals surface area contributed by atoms with Crippen LogP contribution in [0, 0.1) is 11.3 Å². The first-order valence-electron chi connectivity index (χ1n) is 7.92. The molecule has 3 aliphatic rings. The van der Waals surface area contributed by atoms with Crippen LogP contribution in [0.15, 0.2) is 22.7 Å². The first-order valence-corrected chi connectivity index (χ1v) is 8.71. The summed E-state index contributed by atoms with van der Waals surface area (Å²) < 4.78 is 12.3. The normalized spacial score (nSPS) is 41.5. The summed E-state index contributed by atoms with van der Waals surface area (Å²) >= 11 is 3.40. The van der Waals surface area contributed by atoms with Crippen LogP contribution < -0.4 is 4.74 Å². The van der Waals surface area contributed by atoms with Crippen LogP contribution in [0.4, 0.5) is 0 Å². The van der Waals surface area contributed by atoms with Gasteiger partial charge in [-0.1, -0.05) is 22.0 Å². The number of rotatable bonds is 2. The molecule has 1 saturated carbocycles. The van der Waals surface area contributed by atoms with Crippen LogP contribution >= 0.6 is 15.9 Å². The van der Waals surface area contributed by atoms with Crippen LogP contribution in [0.5, 0.6) is 5.75 Å². The Hall–Kier alpha value is -1.20. The lowest BCUT2D eigenvalue weighted by atomic mass is 9.64. The van der Waals surface area contributed by atoms with E-state index in [1.54, 1.807) is 13.2 Å². The third kappa shape index (κ3) is 1.75. The van der Waals surface area contributed by atoms with E-state index in [-0.39, 0.29) is 23.6 Å². The number of carbonyl (C=O) groups excluding carboxylic acids is 2. The zero-order valence-corrected chi connectivity index (χ0v) is 15.0. The molecule has 2 aliphatic heterocycles. The number of benzene rings is 1. The van der Waals surface area contributed by atoms with E-state index >= 15 is 0 Å². The largest absolute Gasteiger partial charge is 0.496 e. The molecular formula is C18H19BrO4. The fraction of sp³-hybridized carbons (Fsp3) is 0.556. The minimum Gasteiger partial charge on any atom is -0.496 e. The summed E-state index contributed by atoms with van der Waals surface area (Å²) in [6, 6.07) is 5.47. The van der Waals surface area contributed by atoms with Crippen LogP contribution in [-0.2, 0) is 14.3 Å². The predicted molar refractivity (Wildman–Crippen MR) is 87.6 cm³/mol. The number of fused-ring (bicyclic) bond motifs is 5. The van der Waals surface area contributed by atoms with Crippen molar-refractivity contribution in [3.8, 4) is 5.75 Å². The van der Waals surface area contributed by atoms with Crippen molar-refractivity contribution in [3.63, 3.8) is 0 Å². The van der Waals surface area contributed by atoms with Crippen molar-refractivity contribution in [2.24, 2.45) is 11.3 Å². The zero-order chi connectivity index (χ0) is 16.6. The van der Waals surface area contributed by atoms with Crippen molar-refractivity contribution in [1.29, 1.82) is 0 Å². The summed E-state index contributed by atoms with van der Waals surface area (Å²) in [6.07, 6.45) is 1.56. The first kappa shape index (κ1) is 15.3. The molecule has 0 aromatic heterocycles. The molecule has 1 aromatic rings. The number of halogens is 1. The van der Waals surface area contributed by atoms with E-state index in [0.717, 1.165) is 17.3 Å².